The van der Waals surface area contributed by atoms with E-state index in [0.717, 1.165) is 10.9 Å². The lowest BCUT2D eigenvalue weighted by molar-refractivity contribution is -0.119. The average molecular weight is 372 g/mol. The molecule has 0 radical (unpaired) electrons. The maximum absolute atomic E-state index is 12.7. The molecule has 1 aromatic heterocycles. The number of benzene rings is 2. The van der Waals surface area contributed by atoms with E-state index in [-0.39, 0.29) is 18.4 Å². The van der Waals surface area contributed by atoms with Gasteiger partial charge in [-0.3, -0.25) is 9.59 Å². The number of hydrogen-bond donors (Lipinski definition) is 2. The number of carbonyl (C=O) groups excluding carboxylic acids is 2. The molecule has 134 valence electrons. The third kappa shape index (κ3) is 3.56. The summed E-state index contributed by atoms with van der Waals surface area (Å²) >= 11 is 6.41. The molecule has 1 heterocycles. The summed E-state index contributed by atoms with van der Waals surface area (Å²) in [6.45, 7) is -0.0395. The number of aromatic nitrogens is 1. The van der Waals surface area contributed by atoms with Crippen LogP contribution < -0.4 is 10.6 Å². The van der Waals surface area contributed by atoms with E-state index in [1.54, 1.807) is 35.9 Å². The molecule has 0 spiro atoms. The Morgan fingerprint density at radius 2 is 1.77 bits per heavy atom. The van der Waals surface area contributed by atoms with Gasteiger partial charge in [-0.25, -0.2) is 0 Å². The first-order valence-corrected chi connectivity index (χ1v) is 8.32. The molecule has 0 aliphatic heterocycles. The van der Waals surface area contributed by atoms with Gasteiger partial charge in [0.2, 0.25) is 5.91 Å². The molecule has 0 atom stereocenters. The molecular weight excluding hydrogens is 354 g/mol. The van der Waals surface area contributed by atoms with Gasteiger partial charge in [0.1, 0.15) is 12.3 Å². The van der Waals surface area contributed by atoms with Crippen molar-refractivity contribution >= 4 is 45.7 Å². The fourth-order valence-electron chi connectivity index (χ4n) is 2.79. The second-order valence-corrected chi connectivity index (χ2v) is 6.13. The van der Waals surface area contributed by atoms with E-state index in [4.69, 9.17) is 16.3 Å². The van der Waals surface area contributed by atoms with Crippen molar-refractivity contribution in [3.8, 4) is 0 Å². The van der Waals surface area contributed by atoms with Gasteiger partial charge in [-0.2, -0.15) is 0 Å². The summed E-state index contributed by atoms with van der Waals surface area (Å²) in [5.74, 6) is -0.596. The third-order valence-electron chi connectivity index (χ3n) is 3.94. The first-order chi connectivity index (χ1) is 12.5. The van der Waals surface area contributed by atoms with Crippen LogP contribution in [0.2, 0.25) is 5.02 Å². The topological polar surface area (TPSA) is 72.4 Å². The summed E-state index contributed by atoms with van der Waals surface area (Å²) in [6.07, 6.45) is 0. The van der Waals surface area contributed by atoms with Gasteiger partial charge in [0.25, 0.3) is 5.91 Å². The Bertz CT molecular complexity index is 942. The zero-order valence-electron chi connectivity index (χ0n) is 14.4. The van der Waals surface area contributed by atoms with Crippen molar-refractivity contribution < 1.29 is 14.3 Å². The van der Waals surface area contributed by atoms with Crippen molar-refractivity contribution in [2.45, 2.75) is 0 Å². The molecule has 6 nitrogen and oxygen atoms in total. The number of carbonyl (C=O) groups is 2. The fourth-order valence-corrected chi connectivity index (χ4v) is 3.16. The van der Waals surface area contributed by atoms with Gasteiger partial charge in [0, 0.05) is 36.4 Å². The van der Waals surface area contributed by atoms with E-state index in [2.05, 4.69) is 10.6 Å². The Hall–Kier alpha value is -2.83. The Balaban J connectivity index is 1.84. The molecule has 0 saturated heterocycles. The molecule has 2 amide bonds. The van der Waals surface area contributed by atoms with Gasteiger partial charge in [-0.05, 0) is 24.3 Å². The maximum Gasteiger partial charge on any atom is 0.273 e. The number of para-hydroxylation sites is 1. The monoisotopic (exact) mass is 371 g/mol. The summed E-state index contributed by atoms with van der Waals surface area (Å²) in [5.41, 5.74) is 2.37. The van der Waals surface area contributed by atoms with Crippen LogP contribution in [0.3, 0.4) is 0 Å². The smallest absolute Gasteiger partial charge is 0.273 e. The van der Waals surface area contributed by atoms with Crippen LogP contribution in [0.25, 0.3) is 10.9 Å². The molecule has 0 aliphatic rings. The van der Waals surface area contributed by atoms with Crippen LogP contribution in [-0.2, 0) is 16.6 Å². The number of nitrogens with one attached hydrogen (secondary N) is 2. The number of aryl methyl sites for hydroxylation is 1. The molecule has 0 aliphatic carbocycles. The molecule has 0 saturated carbocycles. The van der Waals surface area contributed by atoms with E-state index in [9.17, 15) is 9.59 Å². The van der Waals surface area contributed by atoms with Gasteiger partial charge < -0.3 is 19.9 Å². The second-order valence-electron chi connectivity index (χ2n) is 5.75. The lowest BCUT2D eigenvalue weighted by Gasteiger charge is -2.10. The summed E-state index contributed by atoms with van der Waals surface area (Å²) in [6, 6.07) is 14.4. The van der Waals surface area contributed by atoms with Gasteiger partial charge in [-0.1, -0.05) is 35.9 Å². The zero-order valence-corrected chi connectivity index (χ0v) is 15.1. The normalized spacial score (nSPS) is 10.7. The molecule has 7 heteroatoms. The van der Waals surface area contributed by atoms with Crippen LogP contribution in [0.1, 0.15) is 10.5 Å². The molecule has 2 aromatic carbocycles. The van der Waals surface area contributed by atoms with Gasteiger partial charge in [-0.15, -0.1) is 0 Å². The third-order valence-corrected chi connectivity index (χ3v) is 4.32. The van der Waals surface area contributed by atoms with Crippen molar-refractivity contribution in [3.05, 3.63) is 59.2 Å². The predicted octanol–water partition coefficient (Wildman–Crippen LogP) is 3.67. The number of amides is 2. The molecule has 2 N–H and O–H groups in total. The van der Waals surface area contributed by atoms with Crippen LogP contribution in [0, 0.1) is 0 Å². The highest BCUT2D eigenvalue weighted by Gasteiger charge is 2.19. The number of methoxy groups -OCH3 is 1. The van der Waals surface area contributed by atoms with E-state index >= 15 is 0 Å². The minimum atomic E-state index is -0.325. The Morgan fingerprint density at radius 1 is 1.08 bits per heavy atom. The SMILES string of the molecule is COCC(=O)Nc1cccc(NC(=O)c2c(Cl)c3ccccc3n2C)c1. The summed E-state index contributed by atoms with van der Waals surface area (Å²) in [7, 11) is 3.24. The number of fused-ring (bicyclic) bond motifs is 1. The first kappa shape index (κ1) is 18.0. The van der Waals surface area contributed by atoms with E-state index < -0.39 is 0 Å². The van der Waals surface area contributed by atoms with Crippen molar-refractivity contribution in [3.63, 3.8) is 0 Å². The standard InChI is InChI=1S/C19H18ClN3O3/c1-23-15-9-4-3-8-14(15)17(20)18(23)19(25)22-13-7-5-6-12(10-13)21-16(24)11-26-2/h3-10H,11H2,1-2H3,(H,21,24)(H,22,25). The van der Waals surface area contributed by atoms with Crippen LogP contribution in [0.4, 0.5) is 11.4 Å². The lowest BCUT2D eigenvalue weighted by atomic mass is 10.2. The Morgan fingerprint density at radius 3 is 2.46 bits per heavy atom. The largest absolute Gasteiger partial charge is 0.375 e. The Kier molecular flexibility index (Phi) is 5.25. The van der Waals surface area contributed by atoms with Gasteiger partial charge in [0.05, 0.1) is 5.02 Å². The molecule has 3 rings (SSSR count). The highest BCUT2D eigenvalue weighted by atomic mass is 35.5. The maximum atomic E-state index is 12.7. The summed E-state index contributed by atoms with van der Waals surface area (Å²) in [5, 5.41) is 6.74. The first-order valence-electron chi connectivity index (χ1n) is 7.94. The molecule has 0 fully saturated rings. The highest BCUT2D eigenvalue weighted by Crippen LogP contribution is 2.30. The quantitative estimate of drug-likeness (QED) is 0.718. The van der Waals surface area contributed by atoms with Crippen LogP contribution >= 0.6 is 11.6 Å². The molecular formula is C19H18ClN3O3. The number of rotatable bonds is 5. The molecule has 0 unspecified atom stereocenters. The zero-order chi connectivity index (χ0) is 18.7. The van der Waals surface area contributed by atoms with E-state index in [1.807, 2.05) is 24.3 Å². The van der Waals surface area contributed by atoms with Crippen molar-refractivity contribution in [2.75, 3.05) is 24.4 Å². The van der Waals surface area contributed by atoms with Crippen LogP contribution in [-0.4, -0.2) is 30.1 Å². The van der Waals surface area contributed by atoms with Crippen molar-refractivity contribution in [1.29, 1.82) is 0 Å². The second kappa shape index (κ2) is 7.59. The average Bonchev–Trinajstić information content (AvgIpc) is 2.87. The van der Waals surface area contributed by atoms with Gasteiger partial charge >= 0.3 is 0 Å². The number of ether oxygens (including phenoxy) is 1. The number of halogens is 1. The van der Waals surface area contributed by atoms with E-state index in [0.29, 0.717) is 22.1 Å². The summed E-state index contributed by atoms with van der Waals surface area (Å²) in [4.78, 5) is 24.3. The summed E-state index contributed by atoms with van der Waals surface area (Å²) < 4.78 is 6.55. The minimum Gasteiger partial charge on any atom is -0.375 e. The van der Waals surface area contributed by atoms with Crippen LogP contribution in [0.5, 0.6) is 0 Å². The number of nitrogens with zero attached hydrogens (tertiary/aromatic N) is 1. The molecule has 0 bridgehead atoms. The fraction of sp³-hybridized carbons (Fsp3) is 0.158. The van der Waals surface area contributed by atoms with Crippen molar-refractivity contribution in [2.24, 2.45) is 7.05 Å². The lowest BCUT2D eigenvalue weighted by Crippen LogP contribution is -2.18. The van der Waals surface area contributed by atoms with Gasteiger partial charge in [0.15, 0.2) is 0 Å². The minimum absolute atomic E-state index is 0.0395. The molecule has 3 aromatic rings. The van der Waals surface area contributed by atoms with E-state index in [1.165, 1.54) is 7.11 Å². The Labute approximate surface area is 155 Å². The number of hydrogen-bond acceptors (Lipinski definition) is 3. The predicted molar refractivity (Wildman–Crippen MR) is 103 cm³/mol. The number of anilines is 2. The highest BCUT2D eigenvalue weighted by molar-refractivity contribution is 6.39. The van der Waals surface area contributed by atoms with Crippen LogP contribution in [0.15, 0.2) is 48.5 Å². The molecule has 26 heavy (non-hydrogen) atoms. The van der Waals surface area contributed by atoms with Crippen molar-refractivity contribution in [1.82, 2.24) is 4.57 Å².